The average molecular weight is 503 g/mol. The van der Waals surface area contributed by atoms with Gasteiger partial charge in [0.1, 0.15) is 10.7 Å². The lowest BCUT2D eigenvalue weighted by molar-refractivity contribution is 0.601. The van der Waals surface area contributed by atoms with E-state index in [1.165, 1.54) is 12.3 Å². The number of pyridine rings is 1. The average Bonchev–Trinajstić information content (AvgIpc) is 2.42. The Kier molecular flexibility index (Phi) is 5.33. The van der Waals surface area contributed by atoms with Crippen LogP contribution in [0.15, 0.2) is 39.8 Å². The van der Waals surface area contributed by atoms with Crippen LogP contribution in [0.25, 0.3) is 0 Å². The van der Waals surface area contributed by atoms with Crippen molar-refractivity contribution in [1.29, 1.82) is 0 Å². The van der Waals surface area contributed by atoms with Gasteiger partial charge in [-0.2, -0.15) is 0 Å². The molecule has 0 aliphatic heterocycles. The number of hydrogen-bond acceptors (Lipinski definition) is 4. The molecule has 0 saturated carbocycles. The van der Waals surface area contributed by atoms with Crippen molar-refractivity contribution in [2.45, 2.75) is 4.90 Å². The van der Waals surface area contributed by atoms with E-state index in [0.29, 0.717) is 18.8 Å². The predicted octanol–water partition coefficient (Wildman–Crippen LogP) is 3.94. The lowest BCUT2D eigenvalue weighted by Crippen LogP contribution is -2.16. The number of nitrogens with one attached hydrogen (secondary N) is 2. The highest BCUT2D eigenvalue weighted by molar-refractivity contribution is 14.1. The van der Waals surface area contributed by atoms with E-state index < -0.39 is 10.0 Å². The summed E-state index contributed by atoms with van der Waals surface area (Å²) in [6.07, 6.45) is 1.52. The van der Waals surface area contributed by atoms with Gasteiger partial charge in [0.15, 0.2) is 0 Å². The first-order valence-corrected chi connectivity index (χ1v) is 9.38. The molecule has 0 unspecified atom stereocenters. The summed E-state index contributed by atoms with van der Waals surface area (Å²) in [5, 5.41) is 3.31. The largest absolute Gasteiger partial charge is 0.372 e. The van der Waals surface area contributed by atoms with E-state index in [9.17, 15) is 8.42 Å². The van der Waals surface area contributed by atoms with Crippen LogP contribution in [0.3, 0.4) is 0 Å². The molecule has 1 aromatic heterocycles. The molecule has 0 bridgehead atoms. The molecular formula is C12H10BrClIN3O2S. The Balaban J connectivity index is 2.45. The molecule has 0 spiro atoms. The Morgan fingerprint density at radius 2 is 2.05 bits per heavy atom. The van der Waals surface area contributed by atoms with E-state index in [1.54, 1.807) is 25.2 Å². The summed E-state index contributed by atoms with van der Waals surface area (Å²) in [4.78, 5) is 4.10. The molecule has 0 radical (unpaired) electrons. The van der Waals surface area contributed by atoms with Crippen molar-refractivity contribution in [3.63, 3.8) is 0 Å². The Morgan fingerprint density at radius 1 is 1.33 bits per heavy atom. The molecule has 0 aliphatic carbocycles. The maximum Gasteiger partial charge on any atom is 0.265 e. The van der Waals surface area contributed by atoms with Gasteiger partial charge in [0.2, 0.25) is 0 Å². The fraction of sp³-hybridized carbons (Fsp3) is 0.0833. The number of hydrogen-bond donors (Lipinski definition) is 2. The zero-order chi connectivity index (χ0) is 15.6. The molecule has 21 heavy (non-hydrogen) atoms. The highest BCUT2D eigenvalue weighted by Gasteiger charge is 2.21. The fourth-order valence-electron chi connectivity index (χ4n) is 1.59. The fourth-order valence-corrected chi connectivity index (χ4v) is 4.53. The van der Waals surface area contributed by atoms with Gasteiger partial charge >= 0.3 is 0 Å². The van der Waals surface area contributed by atoms with Crippen LogP contribution in [-0.2, 0) is 10.0 Å². The first kappa shape index (κ1) is 16.8. The zero-order valence-corrected chi connectivity index (χ0v) is 16.0. The van der Waals surface area contributed by atoms with E-state index in [4.69, 9.17) is 11.6 Å². The molecular weight excluding hydrogens is 492 g/mol. The first-order valence-electron chi connectivity index (χ1n) is 5.64. The summed E-state index contributed by atoms with van der Waals surface area (Å²) in [6.45, 7) is 0. The van der Waals surface area contributed by atoms with Crippen LogP contribution < -0.4 is 10.0 Å². The van der Waals surface area contributed by atoms with Gasteiger partial charge in [0.05, 0.1) is 5.69 Å². The minimum absolute atomic E-state index is 0.0603. The topological polar surface area (TPSA) is 71.1 Å². The summed E-state index contributed by atoms with van der Waals surface area (Å²) < 4.78 is 28.9. The van der Waals surface area contributed by atoms with Crippen LogP contribution in [0, 0.1) is 3.57 Å². The van der Waals surface area contributed by atoms with Gasteiger partial charge in [-0.3, -0.25) is 4.72 Å². The Hall–Kier alpha value is -0.580. The molecule has 0 atom stereocenters. The molecule has 2 aromatic rings. The van der Waals surface area contributed by atoms with Crippen molar-refractivity contribution in [3.8, 4) is 0 Å². The Morgan fingerprint density at radius 3 is 2.67 bits per heavy atom. The molecule has 0 aliphatic rings. The third-order valence-corrected chi connectivity index (χ3v) is 5.46. The first-order chi connectivity index (χ1) is 9.83. The summed E-state index contributed by atoms with van der Waals surface area (Å²) >= 11 is 11.1. The lowest BCUT2D eigenvalue weighted by Gasteiger charge is -2.13. The van der Waals surface area contributed by atoms with E-state index >= 15 is 0 Å². The number of anilines is 2. The van der Waals surface area contributed by atoms with Gasteiger partial charge in [0, 0.05) is 26.3 Å². The Bertz CT molecular complexity index is 786. The third-order valence-electron chi connectivity index (χ3n) is 2.52. The highest BCUT2D eigenvalue weighted by Crippen LogP contribution is 2.28. The molecule has 2 N–H and O–H groups in total. The molecule has 5 nitrogen and oxygen atoms in total. The second kappa shape index (κ2) is 6.67. The van der Waals surface area contributed by atoms with Gasteiger partial charge in [-0.15, -0.1) is 0 Å². The van der Waals surface area contributed by atoms with E-state index in [-0.39, 0.29) is 10.7 Å². The van der Waals surface area contributed by atoms with Gasteiger partial charge in [-0.1, -0.05) is 11.6 Å². The second-order valence-electron chi connectivity index (χ2n) is 3.98. The summed E-state index contributed by atoms with van der Waals surface area (Å²) in [6, 6.07) is 6.41. The number of rotatable bonds is 4. The van der Waals surface area contributed by atoms with Crippen LogP contribution in [0.2, 0.25) is 5.02 Å². The number of aromatic nitrogens is 1. The van der Waals surface area contributed by atoms with Crippen LogP contribution in [0.5, 0.6) is 0 Å². The van der Waals surface area contributed by atoms with E-state index in [0.717, 1.165) is 0 Å². The maximum atomic E-state index is 12.5. The number of sulfonamides is 1. The van der Waals surface area contributed by atoms with Crippen molar-refractivity contribution < 1.29 is 8.42 Å². The number of benzene rings is 1. The highest BCUT2D eigenvalue weighted by atomic mass is 127. The summed E-state index contributed by atoms with van der Waals surface area (Å²) in [7, 11) is -2.15. The Labute approximate surface area is 149 Å². The van der Waals surface area contributed by atoms with Crippen LogP contribution in [-0.4, -0.2) is 20.4 Å². The van der Waals surface area contributed by atoms with E-state index in [1.807, 2.05) is 22.6 Å². The monoisotopic (exact) mass is 501 g/mol. The number of nitrogens with zero attached hydrogens (tertiary/aromatic N) is 1. The quantitative estimate of drug-likeness (QED) is 0.622. The lowest BCUT2D eigenvalue weighted by atomic mass is 10.3. The predicted molar refractivity (Wildman–Crippen MR) is 96.5 cm³/mol. The van der Waals surface area contributed by atoms with Gasteiger partial charge in [-0.05, 0) is 62.8 Å². The maximum absolute atomic E-state index is 12.5. The molecule has 1 aromatic carbocycles. The minimum atomic E-state index is -3.77. The molecule has 2 rings (SSSR count). The molecule has 0 amide bonds. The minimum Gasteiger partial charge on any atom is -0.372 e. The standard InChI is InChI=1S/C12H10BrClIN3O2S/c1-16-12-11(4-7(13)6-17-12)21(19,20)18-10-3-2-8(14)5-9(10)15/h2-6,18H,1H3,(H,16,17). The normalized spacial score (nSPS) is 11.2. The van der Waals surface area contributed by atoms with E-state index in [2.05, 4.69) is 31.0 Å². The van der Waals surface area contributed by atoms with Crippen molar-refractivity contribution in [2.24, 2.45) is 0 Å². The molecule has 9 heteroatoms. The SMILES string of the molecule is CNc1ncc(Br)cc1S(=O)(=O)Nc1ccc(Cl)cc1I. The van der Waals surface area contributed by atoms with Crippen molar-refractivity contribution in [2.75, 3.05) is 17.1 Å². The van der Waals surface area contributed by atoms with Crippen molar-refractivity contribution in [1.82, 2.24) is 4.98 Å². The van der Waals surface area contributed by atoms with Crippen LogP contribution in [0.1, 0.15) is 0 Å². The van der Waals surface area contributed by atoms with Crippen LogP contribution in [0.4, 0.5) is 11.5 Å². The molecule has 0 fully saturated rings. The van der Waals surface area contributed by atoms with Gasteiger partial charge in [-0.25, -0.2) is 13.4 Å². The molecule has 112 valence electrons. The van der Waals surface area contributed by atoms with Gasteiger partial charge in [0.25, 0.3) is 10.0 Å². The van der Waals surface area contributed by atoms with Crippen molar-refractivity contribution >= 4 is 71.7 Å². The van der Waals surface area contributed by atoms with Gasteiger partial charge < -0.3 is 5.32 Å². The third kappa shape index (κ3) is 3.99. The summed E-state index contributed by atoms with van der Waals surface area (Å²) in [5.74, 6) is 0.273. The zero-order valence-electron chi connectivity index (χ0n) is 10.7. The molecule has 1 heterocycles. The van der Waals surface area contributed by atoms with Crippen molar-refractivity contribution in [3.05, 3.63) is 43.5 Å². The smallest absolute Gasteiger partial charge is 0.265 e. The van der Waals surface area contributed by atoms with Crippen LogP contribution >= 0.6 is 50.1 Å². The summed E-state index contributed by atoms with van der Waals surface area (Å²) in [5.41, 5.74) is 0.460. The number of halogens is 3. The molecule has 0 saturated heterocycles. The second-order valence-corrected chi connectivity index (χ2v) is 8.15.